The van der Waals surface area contributed by atoms with E-state index < -0.39 is 15.9 Å². The summed E-state index contributed by atoms with van der Waals surface area (Å²) in [6.45, 7) is 4.65. The summed E-state index contributed by atoms with van der Waals surface area (Å²) in [6, 6.07) is 16.8. The molecular weight excluding hydrogens is 446 g/mol. The van der Waals surface area contributed by atoms with Gasteiger partial charge in [-0.3, -0.25) is 9.59 Å². The highest BCUT2D eigenvalue weighted by Crippen LogP contribution is 2.17. The molecule has 0 saturated carbocycles. The predicted octanol–water partition coefficient (Wildman–Crippen LogP) is 3.85. The molecule has 2 aromatic carbocycles. The number of carbonyl (C=O) groups is 2. The molecule has 0 aliphatic heterocycles. The van der Waals surface area contributed by atoms with Crippen LogP contribution < -0.4 is 10.0 Å². The van der Waals surface area contributed by atoms with Crippen LogP contribution in [0.2, 0.25) is 0 Å². The van der Waals surface area contributed by atoms with Gasteiger partial charge in [0.05, 0.1) is 4.90 Å². The van der Waals surface area contributed by atoms with Crippen molar-refractivity contribution in [2.45, 2.75) is 31.8 Å². The van der Waals surface area contributed by atoms with E-state index in [-0.39, 0.29) is 22.9 Å². The number of hydrogen-bond acceptors (Lipinski definition) is 5. The molecule has 0 aliphatic rings. The number of nitrogens with one attached hydrogen (secondary N) is 2. The van der Waals surface area contributed by atoms with Gasteiger partial charge in [-0.15, -0.1) is 11.3 Å². The van der Waals surface area contributed by atoms with Crippen molar-refractivity contribution in [2.24, 2.45) is 0 Å². The van der Waals surface area contributed by atoms with E-state index >= 15 is 0 Å². The van der Waals surface area contributed by atoms with Gasteiger partial charge < -0.3 is 10.2 Å². The molecule has 7 nitrogen and oxygen atoms in total. The Kier molecular flexibility index (Phi) is 7.79. The molecule has 3 rings (SSSR count). The van der Waals surface area contributed by atoms with Crippen LogP contribution in [0.3, 0.4) is 0 Å². The molecule has 3 aromatic rings. The molecule has 0 bridgehead atoms. The fourth-order valence-electron chi connectivity index (χ4n) is 3.08. The van der Waals surface area contributed by atoms with Crippen LogP contribution >= 0.6 is 11.3 Å². The van der Waals surface area contributed by atoms with Crippen molar-refractivity contribution in [3.8, 4) is 0 Å². The fourth-order valence-corrected chi connectivity index (χ4v) is 4.87. The molecule has 9 heteroatoms. The van der Waals surface area contributed by atoms with Crippen molar-refractivity contribution in [1.82, 2.24) is 9.62 Å². The molecule has 0 saturated heterocycles. The topological polar surface area (TPSA) is 95.6 Å². The van der Waals surface area contributed by atoms with E-state index in [2.05, 4.69) is 10.0 Å². The van der Waals surface area contributed by atoms with Gasteiger partial charge in [0.1, 0.15) is 0 Å². The van der Waals surface area contributed by atoms with Crippen molar-refractivity contribution in [2.75, 3.05) is 11.9 Å². The minimum absolute atomic E-state index is 0.0207. The average molecular weight is 472 g/mol. The maximum absolute atomic E-state index is 12.7. The number of amides is 2. The summed E-state index contributed by atoms with van der Waals surface area (Å²) >= 11 is 1.46. The molecule has 0 atom stereocenters. The van der Waals surface area contributed by atoms with Gasteiger partial charge >= 0.3 is 0 Å². The molecule has 0 fully saturated rings. The lowest BCUT2D eigenvalue weighted by Crippen LogP contribution is -2.27. The summed E-state index contributed by atoms with van der Waals surface area (Å²) in [7, 11) is -3.76. The maximum Gasteiger partial charge on any atom is 0.255 e. The highest BCUT2D eigenvalue weighted by Gasteiger charge is 2.17. The van der Waals surface area contributed by atoms with Gasteiger partial charge in [0, 0.05) is 42.7 Å². The lowest BCUT2D eigenvalue weighted by molar-refractivity contribution is -0.129. The zero-order valence-corrected chi connectivity index (χ0v) is 19.5. The highest BCUT2D eigenvalue weighted by atomic mass is 32.2. The summed E-state index contributed by atoms with van der Waals surface area (Å²) in [5.74, 6) is -0.441. The molecule has 0 radical (unpaired) electrons. The second-order valence-electron chi connectivity index (χ2n) is 7.12. The Labute approximate surface area is 192 Å². The third-order valence-electron chi connectivity index (χ3n) is 4.81. The molecule has 2 amide bonds. The van der Waals surface area contributed by atoms with Crippen LogP contribution in [0.4, 0.5) is 5.69 Å². The first-order valence-electron chi connectivity index (χ1n) is 10.1. The van der Waals surface area contributed by atoms with Crippen LogP contribution in [0.1, 0.15) is 34.6 Å². The van der Waals surface area contributed by atoms with Gasteiger partial charge in [-0.2, -0.15) is 0 Å². The Morgan fingerprint density at radius 2 is 1.81 bits per heavy atom. The summed E-state index contributed by atoms with van der Waals surface area (Å²) in [6.07, 6.45) is 0. The smallest absolute Gasteiger partial charge is 0.255 e. The average Bonchev–Trinajstić information content (AvgIpc) is 3.30. The largest absolute Gasteiger partial charge is 0.339 e. The standard InChI is InChI=1S/C23H25N3O4S2/c1-3-26(17(2)27)16-18-7-4-9-20(13-18)25-23(28)19-8-5-11-22(14-19)32(29,30)24-15-21-10-6-12-31-21/h4-14,24H,3,15-16H2,1-2H3,(H,25,28). The lowest BCUT2D eigenvalue weighted by atomic mass is 10.1. The summed E-state index contributed by atoms with van der Waals surface area (Å²) < 4.78 is 27.8. The van der Waals surface area contributed by atoms with Gasteiger partial charge in [0.15, 0.2) is 0 Å². The number of hydrogen-bond donors (Lipinski definition) is 2. The normalized spacial score (nSPS) is 11.2. The molecule has 2 N–H and O–H groups in total. The van der Waals surface area contributed by atoms with E-state index in [1.807, 2.05) is 30.5 Å². The van der Waals surface area contributed by atoms with Gasteiger partial charge in [0.2, 0.25) is 15.9 Å². The predicted molar refractivity (Wildman–Crippen MR) is 126 cm³/mol. The SMILES string of the molecule is CCN(Cc1cccc(NC(=O)c2cccc(S(=O)(=O)NCc3cccs3)c2)c1)C(C)=O. The lowest BCUT2D eigenvalue weighted by Gasteiger charge is -2.19. The van der Waals surface area contributed by atoms with E-state index in [0.29, 0.717) is 18.8 Å². The van der Waals surface area contributed by atoms with E-state index in [1.165, 1.54) is 36.5 Å². The van der Waals surface area contributed by atoms with Gasteiger partial charge in [-0.05, 0) is 54.3 Å². The van der Waals surface area contributed by atoms with Crippen LogP contribution in [0.5, 0.6) is 0 Å². The minimum atomic E-state index is -3.76. The third-order valence-corrected chi connectivity index (χ3v) is 7.08. The van der Waals surface area contributed by atoms with E-state index in [1.54, 1.807) is 29.2 Å². The van der Waals surface area contributed by atoms with Crippen LogP contribution in [0.15, 0.2) is 70.9 Å². The first-order chi connectivity index (χ1) is 15.3. The number of benzene rings is 2. The molecule has 168 valence electrons. The number of carbonyl (C=O) groups excluding carboxylic acids is 2. The van der Waals surface area contributed by atoms with Gasteiger partial charge in [-0.25, -0.2) is 13.1 Å². The molecular formula is C23H25N3O4S2. The van der Waals surface area contributed by atoms with E-state index in [4.69, 9.17) is 0 Å². The molecule has 0 aliphatic carbocycles. The van der Waals surface area contributed by atoms with Crippen molar-refractivity contribution in [1.29, 1.82) is 0 Å². The second kappa shape index (κ2) is 10.5. The first-order valence-corrected chi connectivity index (χ1v) is 12.4. The van der Waals surface area contributed by atoms with Crippen molar-refractivity contribution in [3.05, 3.63) is 82.0 Å². The number of sulfonamides is 1. The summed E-state index contributed by atoms with van der Waals surface area (Å²) in [5, 5.41) is 4.67. The molecule has 32 heavy (non-hydrogen) atoms. The fraction of sp³-hybridized carbons (Fsp3) is 0.217. The van der Waals surface area contributed by atoms with Crippen molar-refractivity contribution >= 4 is 38.9 Å². The summed E-state index contributed by atoms with van der Waals surface area (Å²) in [5.41, 5.74) is 1.68. The molecule has 1 heterocycles. The Balaban J connectivity index is 1.71. The Morgan fingerprint density at radius 3 is 2.50 bits per heavy atom. The monoisotopic (exact) mass is 471 g/mol. The Bertz CT molecular complexity index is 1190. The third kappa shape index (κ3) is 6.25. The van der Waals surface area contributed by atoms with Crippen LogP contribution in [0.25, 0.3) is 0 Å². The Morgan fingerprint density at radius 1 is 1.03 bits per heavy atom. The number of nitrogens with zero attached hydrogens (tertiary/aromatic N) is 1. The second-order valence-corrected chi connectivity index (χ2v) is 9.92. The zero-order chi connectivity index (χ0) is 23.1. The van der Waals surface area contributed by atoms with Gasteiger partial charge in [-0.1, -0.05) is 24.3 Å². The molecule has 1 aromatic heterocycles. The van der Waals surface area contributed by atoms with Crippen LogP contribution in [-0.2, 0) is 27.9 Å². The highest BCUT2D eigenvalue weighted by molar-refractivity contribution is 7.89. The van der Waals surface area contributed by atoms with E-state index in [9.17, 15) is 18.0 Å². The summed E-state index contributed by atoms with van der Waals surface area (Å²) in [4.78, 5) is 27.0. The minimum Gasteiger partial charge on any atom is -0.339 e. The van der Waals surface area contributed by atoms with E-state index in [0.717, 1.165) is 10.4 Å². The number of thiophene rings is 1. The molecule has 0 unspecified atom stereocenters. The van der Waals surface area contributed by atoms with Crippen molar-refractivity contribution in [3.63, 3.8) is 0 Å². The Hall–Kier alpha value is -3.01. The molecule has 0 spiro atoms. The van der Waals surface area contributed by atoms with Crippen LogP contribution in [-0.4, -0.2) is 31.7 Å². The van der Waals surface area contributed by atoms with Crippen molar-refractivity contribution < 1.29 is 18.0 Å². The quantitative estimate of drug-likeness (QED) is 0.496. The van der Waals surface area contributed by atoms with Crippen LogP contribution in [0, 0.1) is 0 Å². The number of rotatable bonds is 9. The first kappa shape index (κ1) is 23.6. The maximum atomic E-state index is 12.7. The zero-order valence-electron chi connectivity index (χ0n) is 17.9. The number of anilines is 1. The van der Waals surface area contributed by atoms with Gasteiger partial charge in [0.25, 0.3) is 5.91 Å².